The molecule has 2 rings (SSSR count). The van der Waals surface area contributed by atoms with Gasteiger partial charge < -0.3 is 20.7 Å². The largest absolute Gasteiger partial charge is 0.396 e. The number of carbonyl (C=O) groups excluding carboxylic acids is 2. The number of ketones is 1. The van der Waals surface area contributed by atoms with Gasteiger partial charge >= 0.3 is 0 Å². The molecule has 0 aliphatic heterocycles. The molecular weight excluding hydrogens is 310 g/mol. The lowest BCUT2D eigenvalue weighted by molar-refractivity contribution is -0.117. The minimum absolute atomic E-state index is 0.0273. The van der Waals surface area contributed by atoms with Gasteiger partial charge in [-0.05, 0) is 0 Å². The third-order valence-corrected chi connectivity index (χ3v) is 3.64. The highest BCUT2D eigenvalue weighted by Crippen LogP contribution is 2.17. The van der Waals surface area contributed by atoms with Gasteiger partial charge in [-0.15, -0.1) is 0 Å². The van der Waals surface area contributed by atoms with Crippen LogP contribution in [0.25, 0.3) is 11.2 Å². The number of H-pyrrole nitrogens is 1. The van der Waals surface area contributed by atoms with Gasteiger partial charge in [0, 0.05) is 31.2 Å². The lowest BCUT2D eigenvalue weighted by Crippen LogP contribution is -2.36. The first-order valence-corrected chi connectivity index (χ1v) is 7.85. The maximum absolute atomic E-state index is 12.4. The Kier molecular flexibility index (Phi) is 5.50. The number of aliphatic hydroxyl groups is 1. The number of hydrogen-bond acceptors (Lipinski definition) is 6. The van der Waals surface area contributed by atoms with Gasteiger partial charge in [0.2, 0.25) is 0 Å². The fourth-order valence-electron chi connectivity index (χ4n) is 1.93. The number of fused-ring (bicyclic) bond motifs is 1. The summed E-state index contributed by atoms with van der Waals surface area (Å²) in [4.78, 5) is 35.2. The molecule has 0 radical (unpaired) electrons. The lowest BCUT2D eigenvalue weighted by atomic mass is 9.95. The number of carbonyl (C=O) groups is 2. The van der Waals surface area contributed by atoms with Gasteiger partial charge in [0.25, 0.3) is 5.91 Å². The van der Waals surface area contributed by atoms with Crippen LogP contribution in [-0.2, 0) is 4.79 Å². The monoisotopic (exact) mass is 333 g/mol. The number of Topliss-reactive ketones (excluding diaryl/α,β-unsaturated/α-hetero) is 1. The first-order chi connectivity index (χ1) is 11.4. The van der Waals surface area contributed by atoms with Crippen LogP contribution in [0.2, 0.25) is 0 Å². The Balaban J connectivity index is 2.15. The maximum Gasteiger partial charge on any atom is 0.255 e. The van der Waals surface area contributed by atoms with E-state index in [0.717, 1.165) is 0 Å². The summed E-state index contributed by atoms with van der Waals surface area (Å²) in [5.41, 5.74) is 0.898. The quantitative estimate of drug-likeness (QED) is 0.574. The molecule has 2 aromatic rings. The first kappa shape index (κ1) is 17.9. The lowest BCUT2D eigenvalue weighted by Gasteiger charge is -2.21. The summed E-state index contributed by atoms with van der Waals surface area (Å²) in [5, 5.41) is 14.9. The Morgan fingerprint density at radius 3 is 2.79 bits per heavy atom. The van der Waals surface area contributed by atoms with E-state index in [4.69, 9.17) is 0 Å². The Hall–Kier alpha value is -2.48. The summed E-state index contributed by atoms with van der Waals surface area (Å²) >= 11 is 0. The predicted octanol–water partition coefficient (Wildman–Crippen LogP) is 1.10. The van der Waals surface area contributed by atoms with Crippen molar-refractivity contribution in [2.45, 2.75) is 27.2 Å². The second-order valence-electron chi connectivity index (χ2n) is 6.41. The normalized spacial score (nSPS) is 11.5. The van der Waals surface area contributed by atoms with Crippen LogP contribution in [-0.4, -0.2) is 51.4 Å². The van der Waals surface area contributed by atoms with Gasteiger partial charge in [-0.2, -0.15) is 0 Å². The Bertz CT molecular complexity index is 738. The van der Waals surface area contributed by atoms with Crippen molar-refractivity contribution in [1.82, 2.24) is 20.3 Å². The summed E-state index contributed by atoms with van der Waals surface area (Å²) in [7, 11) is 0. The number of aromatic nitrogens is 3. The average Bonchev–Trinajstić information content (AvgIpc) is 3.00. The minimum atomic E-state index is -0.402. The van der Waals surface area contributed by atoms with Gasteiger partial charge in [0.05, 0.1) is 18.3 Å². The van der Waals surface area contributed by atoms with E-state index in [-0.39, 0.29) is 24.8 Å². The molecule has 8 nitrogen and oxygen atoms in total. The molecule has 130 valence electrons. The van der Waals surface area contributed by atoms with Crippen LogP contribution in [0, 0.1) is 5.41 Å². The van der Waals surface area contributed by atoms with Crippen LogP contribution in [0.15, 0.2) is 12.4 Å². The Morgan fingerprint density at radius 2 is 2.12 bits per heavy atom. The fraction of sp³-hybridized carbons (Fsp3) is 0.500. The molecule has 0 aliphatic carbocycles. The van der Waals surface area contributed by atoms with Crippen molar-refractivity contribution in [2.75, 3.05) is 25.0 Å². The zero-order valence-electron chi connectivity index (χ0n) is 14.1. The third kappa shape index (κ3) is 4.29. The first-order valence-electron chi connectivity index (χ1n) is 7.85. The van der Waals surface area contributed by atoms with Crippen LogP contribution >= 0.6 is 0 Å². The molecule has 0 saturated carbocycles. The van der Waals surface area contributed by atoms with Gasteiger partial charge in [0.1, 0.15) is 11.3 Å². The molecule has 0 aromatic carbocycles. The molecule has 0 atom stereocenters. The van der Waals surface area contributed by atoms with Crippen molar-refractivity contribution >= 4 is 28.7 Å². The molecular formula is C16H23N5O3. The van der Waals surface area contributed by atoms with Crippen LogP contribution < -0.4 is 10.6 Å². The van der Waals surface area contributed by atoms with E-state index in [1.807, 2.05) is 13.8 Å². The number of aliphatic hydroxyl groups excluding tert-OH is 1. The van der Waals surface area contributed by atoms with Gasteiger partial charge in [0.15, 0.2) is 11.4 Å². The zero-order chi connectivity index (χ0) is 17.7. The van der Waals surface area contributed by atoms with Crippen molar-refractivity contribution in [3.05, 3.63) is 18.0 Å². The Labute approximate surface area is 140 Å². The number of aromatic amines is 1. The average molecular weight is 333 g/mol. The molecule has 24 heavy (non-hydrogen) atoms. The second-order valence-corrected chi connectivity index (χ2v) is 6.41. The number of hydrogen-bond donors (Lipinski definition) is 4. The minimum Gasteiger partial charge on any atom is -0.396 e. The molecule has 0 spiro atoms. The van der Waals surface area contributed by atoms with Crippen LogP contribution in [0.5, 0.6) is 0 Å². The maximum atomic E-state index is 12.4. The number of nitrogens with one attached hydrogen (secondary N) is 3. The van der Waals surface area contributed by atoms with Crippen molar-refractivity contribution in [1.29, 1.82) is 0 Å². The summed E-state index contributed by atoms with van der Waals surface area (Å²) in [5.74, 6) is 0.211. The highest BCUT2D eigenvalue weighted by atomic mass is 16.3. The number of rotatable bonds is 8. The smallest absolute Gasteiger partial charge is 0.255 e. The van der Waals surface area contributed by atoms with E-state index in [9.17, 15) is 14.7 Å². The van der Waals surface area contributed by atoms with Crippen molar-refractivity contribution in [3.63, 3.8) is 0 Å². The van der Waals surface area contributed by atoms with Crippen LogP contribution in [0.3, 0.4) is 0 Å². The van der Waals surface area contributed by atoms with E-state index < -0.39 is 5.41 Å². The Morgan fingerprint density at radius 1 is 1.38 bits per heavy atom. The number of anilines is 1. The molecule has 0 bridgehead atoms. The third-order valence-electron chi connectivity index (χ3n) is 3.64. The fourth-order valence-corrected chi connectivity index (χ4v) is 1.93. The summed E-state index contributed by atoms with van der Waals surface area (Å²) < 4.78 is 0. The molecule has 2 heterocycles. The number of amides is 1. The molecule has 0 unspecified atom stereocenters. The summed E-state index contributed by atoms with van der Waals surface area (Å²) in [6.45, 7) is 5.99. The molecule has 0 saturated heterocycles. The van der Waals surface area contributed by atoms with E-state index in [1.54, 1.807) is 13.1 Å². The van der Waals surface area contributed by atoms with E-state index in [2.05, 4.69) is 25.6 Å². The van der Waals surface area contributed by atoms with Gasteiger partial charge in [-0.1, -0.05) is 20.8 Å². The highest BCUT2D eigenvalue weighted by molar-refractivity contribution is 6.04. The highest BCUT2D eigenvalue weighted by Gasteiger charge is 2.20. The number of nitrogens with zero attached hydrogens (tertiary/aromatic N) is 2. The van der Waals surface area contributed by atoms with Crippen LogP contribution in [0.1, 0.15) is 37.6 Å². The molecule has 0 aliphatic rings. The SMILES string of the molecule is CCC(=O)CNc1cnc2[nH]cc(C(=O)NCC(C)(C)CO)c2n1. The van der Waals surface area contributed by atoms with Crippen molar-refractivity contribution < 1.29 is 14.7 Å². The molecule has 8 heteroatoms. The topological polar surface area (TPSA) is 120 Å². The van der Waals surface area contributed by atoms with Crippen molar-refractivity contribution in [3.8, 4) is 0 Å². The second kappa shape index (κ2) is 7.39. The molecule has 0 fully saturated rings. The zero-order valence-corrected chi connectivity index (χ0v) is 14.1. The molecule has 4 N–H and O–H groups in total. The van der Waals surface area contributed by atoms with E-state index in [1.165, 1.54) is 6.20 Å². The van der Waals surface area contributed by atoms with Crippen LogP contribution in [0.4, 0.5) is 5.82 Å². The summed E-state index contributed by atoms with van der Waals surface area (Å²) in [6.07, 6.45) is 3.51. The van der Waals surface area contributed by atoms with Gasteiger partial charge in [-0.25, -0.2) is 9.97 Å². The molecule has 1 amide bonds. The summed E-state index contributed by atoms with van der Waals surface area (Å²) in [6, 6.07) is 0. The van der Waals surface area contributed by atoms with E-state index >= 15 is 0 Å². The van der Waals surface area contributed by atoms with Crippen molar-refractivity contribution in [2.24, 2.45) is 5.41 Å². The predicted molar refractivity (Wildman–Crippen MR) is 90.9 cm³/mol. The van der Waals surface area contributed by atoms with E-state index in [0.29, 0.717) is 35.5 Å². The van der Waals surface area contributed by atoms with Gasteiger partial charge in [-0.3, -0.25) is 9.59 Å². The molecule has 2 aromatic heterocycles. The standard InChI is InChI=1S/C16H23N5O3/c1-4-10(23)5-17-12-7-19-14-13(21-12)11(6-18-14)15(24)20-8-16(2,3)9-22/h6-7,22H,4-5,8-9H2,1-3H3,(H,17,21)(H,18,19)(H,20,24).